The van der Waals surface area contributed by atoms with Gasteiger partial charge in [0.05, 0.1) is 23.6 Å². The molecule has 2 aromatic carbocycles. The molecule has 6 nitrogen and oxygen atoms in total. The summed E-state index contributed by atoms with van der Waals surface area (Å²) in [5.74, 6) is -0.692. The van der Waals surface area contributed by atoms with Gasteiger partial charge in [-0.15, -0.1) is 0 Å². The summed E-state index contributed by atoms with van der Waals surface area (Å²) in [6.45, 7) is 0.260. The van der Waals surface area contributed by atoms with E-state index in [0.29, 0.717) is 38.3 Å². The van der Waals surface area contributed by atoms with Crippen molar-refractivity contribution in [3.05, 3.63) is 46.4 Å². The van der Waals surface area contributed by atoms with Gasteiger partial charge in [0.15, 0.2) is 5.58 Å². The van der Waals surface area contributed by atoms with E-state index in [2.05, 4.69) is 4.98 Å². The quantitative estimate of drug-likeness (QED) is 0.607. The molecule has 1 aliphatic rings. The Kier molecular flexibility index (Phi) is 4.53. The predicted octanol–water partition coefficient (Wildman–Crippen LogP) is 4.33. The Bertz CT molecular complexity index is 1060. The number of hydrogen-bond donors (Lipinski definition) is 0. The molecule has 8 heteroatoms. The van der Waals surface area contributed by atoms with Crippen LogP contribution in [0.2, 0.25) is 10.0 Å². The number of aromatic nitrogens is 1. The molecule has 0 N–H and O–H groups in total. The SMILES string of the molecule is COC(=O)[C@@H]1CC(=O)N(c2ccc(Cl)c(-c3nc4cc(Cl)ccc4o3)c2)C1. The second kappa shape index (κ2) is 6.87. The van der Waals surface area contributed by atoms with Gasteiger partial charge in [-0.3, -0.25) is 9.59 Å². The summed E-state index contributed by atoms with van der Waals surface area (Å²) >= 11 is 12.3. The Morgan fingerprint density at radius 3 is 2.85 bits per heavy atom. The van der Waals surface area contributed by atoms with Gasteiger partial charge < -0.3 is 14.1 Å². The standard InChI is InChI=1S/C19H14Cl2N2O4/c1-26-19(25)10-6-17(24)23(9-10)12-3-4-14(21)13(8-12)18-22-15-7-11(20)2-5-16(15)27-18/h2-5,7-8,10H,6,9H2,1H3/t10-/m1/s1. The van der Waals surface area contributed by atoms with Gasteiger partial charge in [0.25, 0.3) is 0 Å². The second-order valence-electron chi connectivity index (χ2n) is 6.22. The summed E-state index contributed by atoms with van der Waals surface area (Å²) in [6, 6.07) is 10.3. The van der Waals surface area contributed by atoms with Crippen LogP contribution in [0.1, 0.15) is 6.42 Å². The number of fused-ring (bicyclic) bond motifs is 1. The van der Waals surface area contributed by atoms with E-state index in [4.69, 9.17) is 32.4 Å². The van der Waals surface area contributed by atoms with E-state index in [1.165, 1.54) is 7.11 Å². The summed E-state index contributed by atoms with van der Waals surface area (Å²) in [6.07, 6.45) is 0.117. The third-order valence-electron chi connectivity index (χ3n) is 4.50. The zero-order chi connectivity index (χ0) is 19.1. The van der Waals surface area contributed by atoms with Gasteiger partial charge in [0.2, 0.25) is 11.8 Å². The maximum atomic E-state index is 12.3. The van der Waals surface area contributed by atoms with E-state index in [-0.39, 0.29) is 18.9 Å². The van der Waals surface area contributed by atoms with Crippen LogP contribution in [0.5, 0.6) is 0 Å². The van der Waals surface area contributed by atoms with Crippen LogP contribution in [-0.4, -0.2) is 30.5 Å². The van der Waals surface area contributed by atoms with Crippen molar-refractivity contribution in [2.24, 2.45) is 5.92 Å². The smallest absolute Gasteiger partial charge is 0.311 e. The number of methoxy groups -OCH3 is 1. The van der Waals surface area contributed by atoms with Gasteiger partial charge in [0.1, 0.15) is 5.52 Å². The van der Waals surface area contributed by atoms with E-state index >= 15 is 0 Å². The molecule has 1 aliphatic heterocycles. The highest BCUT2D eigenvalue weighted by atomic mass is 35.5. The summed E-state index contributed by atoms with van der Waals surface area (Å²) in [4.78, 5) is 30.1. The number of halogens is 2. The van der Waals surface area contributed by atoms with Crippen LogP contribution in [0.4, 0.5) is 5.69 Å². The van der Waals surface area contributed by atoms with Gasteiger partial charge in [-0.25, -0.2) is 4.98 Å². The average Bonchev–Trinajstić information content (AvgIpc) is 3.24. The molecule has 1 amide bonds. The zero-order valence-electron chi connectivity index (χ0n) is 14.2. The third-order valence-corrected chi connectivity index (χ3v) is 5.07. The molecule has 0 spiro atoms. The minimum atomic E-state index is -0.479. The minimum Gasteiger partial charge on any atom is -0.469 e. The third kappa shape index (κ3) is 3.26. The highest BCUT2D eigenvalue weighted by molar-refractivity contribution is 6.33. The molecule has 27 heavy (non-hydrogen) atoms. The van der Waals surface area contributed by atoms with E-state index < -0.39 is 11.9 Å². The molecule has 0 saturated carbocycles. The van der Waals surface area contributed by atoms with Gasteiger partial charge in [-0.1, -0.05) is 23.2 Å². The fraction of sp³-hybridized carbons (Fsp3) is 0.211. The number of benzene rings is 2. The molecular formula is C19H14Cl2N2O4. The Morgan fingerprint density at radius 2 is 2.07 bits per heavy atom. The number of rotatable bonds is 3. The van der Waals surface area contributed by atoms with Crippen molar-refractivity contribution >= 4 is 51.9 Å². The number of amides is 1. The number of hydrogen-bond acceptors (Lipinski definition) is 5. The first-order valence-electron chi connectivity index (χ1n) is 8.20. The number of oxazole rings is 1. The Hall–Kier alpha value is -2.57. The molecule has 1 aromatic heterocycles. The largest absolute Gasteiger partial charge is 0.469 e. The summed E-state index contributed by atoms with van der Waals surface area (Å²) < 4.78 is 10.5. The Balaban J connectivity index is 1.71. The maximum Gasteiger partial charge on any atom is 0.311 e. The molecule has 1 saturated heterocycles. The molecule has 0 unspecified atom stereocenters. The molecular weight excluding hydrogens is 391 g/mol. The fourth-order valence-electron chi connectivity index (χ4n) is 3.14. The number of ether oxygens (including phenoxy) is 1. The first-order chi connectivity index (χ1) is 13.0. The van der Waals surface area contributed by atoms with Gasteiger partial charge in [-0.05, 0) is 36.4 Å². The van der Waals surface area contributed by atoms with E-state index in [9.17, 15) is 9.59 Å². The molecule has 0 radical (unpaired) electrons. The number of esters is 1. The first kappa shape index (κ1) is 17.8. The highest BCUT2D eigenvalue weighted by Crippen LogP contribution is 2.35. The zero-order valence-corrected chi connectivity index (χ0v) is 15.8. The lowest BCUT2D eigenvalue weighted by Crippen LogP contribution is -2.26. The number of anilines is 1. The summed E-state index contributed by atoms with van der Waals surface area (Å²) in [5.41, 5.74) is 2.36. The molecule has 0 aliphatic carbocycles. The number of carbonyl (C=O) groups is 2. The van der Waals surface area contributed by atoms with Crippen molar-refractivity contribution in [3.63, 3.8) is 0 Å². The van der Waals surface area contributed by atoms with Crippen molar-refractivity contribution in [2.75, 3.05) is 18.6 Å². The van der Waals surface area contributed by atoms with Crippen molar-refractivity contribution in [3.8, 4) is 11.5 Å². The minimum absolute atomic E-state index is 0.117. The monoisotopic (exact) mass is 404 g/mol. The van der Waals surface area contributed by atoms with Gasteiger partial charge in [-0.2, -0.15) is 0 Å². The van der Waals surface area contributed by atoms with E-state index in [0.717, 1.165) is 0 Å². The lowest BCUT2D eigenvalue weighted by molar-refractivity contribution is -0.145. The lowest BCUT2D eigenvalue weighted by atomic mass is 10.1. The second-order valence-corrected chi connectivity index (χ2v) is 7.07. The van der Waals surface area contributed by atoms with Crippen LogP contribution in [0.25, 0.3) is 22.6 Å². The molecule has 1 fully saturated rings. The summed E-state index contributed by atoms with van der Waals surface area (Å²) in [5, 5.41) is 0.992. The van der Waals surface area contributed by atoms with Gasteiger partial charge in [0, 0.05) is 23.7 Å². The van der Waals surface area contributed by atoms with Crippen molar-refractivity contribution < 1.29 is 18.7 Å². The molecule has 0 bridgehead atoms. The average molecular weight is 405 g/mol. The fourth-order valence-corrected chi connectivity index (χ4v) is 3.51. The van der Waals surface area contributed by atoms with Crippen LogP contribution < -0.4 is 4.90 Å². The van der Waals surface area contributed by atoms with Gasteiger partial charge >= 0.3 is 5.97 Å². The van der Waals surface area contributed by atoms with Crippen LogP contribution in [0.3, 0.4) is 0 Å². The topological polar surface area (TPSA) is 72.6 Å². The van der Waals surface area contributed by atoms with E-state index in [1.807, 2.05) is 0 Å². The van der Waals surface area contributed by atoms with Crippen molar-refractivity contribution in [1.82, 2.24) is 4.98 Å². The lowest BCUT2D eigenvalue weighted by Gasteiger charge is -2.17. The Labute approximate surface area is 164 Å². The Morgan fingerprint density at radius 1 is 1.26 bits per heavy atom. The predicted molar refractivity (Wildman–Crippen MR) is 102 cm³/mol. The van der Waals surface area contributed by atoms with E-state index in [1.54, 1.807) is 41.3 Å². The van der Waals surface area contributed by atoms with Crippen LogP contribution in [0.15, 0.2) is 40.8 Å². The highest BCUT2D eigenvalue weighted by Gasteiger charge is 2.36. The van der Waals surface area contributed by atoms with Crippen LogP contribution in [-0.2, 0) is 14.3 Å². The van der Waals surface area contributed by atoms with Crippen LogP contribution >= 0.6 is 23.2 Å². The number of nitrogens with zero attached hydrogens (tertiary/aromatic N) is 2. The molecule has 3 aromatic rings. The first-order valence-corrected chi connectivity index (χ1v) is 8.96. The molecule has 4 rings (SSSR count). The number of carbonyl (C=O) groups excluding carboxylic acids is 2. The van der Waals surface area contributed by atoms with Crippen molar-refractivity contribution in [1.29, 1.82) is 0 Å². The molecule has 2 heterocycles. The summed E-state index contributed by atoms with van der Waals surface area (Å²) in [7, 11) is 1.31. The molecule has 1 atom stereocenters. The van der Waals surface area contributed by atoms with Crippen molar-refractivity contribution in [2.45, 2.75) is 6.42 Å². The van der Waals surface area contributed by atoms with Crippen LogP contribution in [0, 0.1) is 5.92 Å². The normalized spacial score (nSPS) is 16.9. The maximum absolute atomic E-state index is 12.3. The molecule has 138 valence electrons.